The zero-order chi connectivity index (χ0) is 13.5. The van der Waals surface area contributed by atoms with E-state index >= 15 is 0 Å². The molecule has 0 saturated carbocycles. The summed E-state index contributed by atoms with van der Waals surface area (Å²) in [5.41, 5.74) is 1.70. The molecule has 0 amide bonds. The first-order valence-electron chi connectivity index (χ1n) is 6.56. The fourth-order valence-electron chi connectivity index (χ4n) is 1.78. The molecule has 0 aliphatic heterocycles. The summed E-state index contributed by atoms with van der Waals surface area (Å²) >= 11 is 0. The van der Waals surface area contributed by atoms with Gasteiger partial charge in [-0.05, 0) is 37.1 Å². The maximum absolute atomic E-state index is 11.9. The second-order valence-electron chi connectivity index (χ2n) is 4.67. The highest BCUT2D eigenvalue weighted by Gasteiger charge is 2.13. The number of hydrogen-bond acceptors (Lipinski definition) is 3. The highest BCUT2D eigenvalue weighted by atomic mass is 16.5. The Bertz CT molecular complexity index is 371. The van der Waals surface area contributed by atoms with E-state index in [4.69, 9.17) is 4.74 Å². The van der Waals surface area contributed by atoms with E-state index in [9.17, 15) is 4.79 Å². The highest BCUT2D eigenvalue weighted by molar-refractivity contribution is 5.89. The summed E-state index contributed by atoms with van der Waals surface area (Å²) in [5.74, 6) is -0.222. The monoisotopic (exact) mass is 249 g/mol. The van der Waals surface area contributed by atoms with Crippen LogP contribution in [-0.4, -0.2) is 26.2 Å². The Hall–Kier alpha value is -1.51. The van der Waals surface area contributed by atoms with Crippen LogP contribution in [0.2, 0.25) is 0 Å². The Kier molecular flexibility index (Phi) is 5.69. The average molecular weight is 249 g/mol. The summed E-state index contributed by atoms with van der Waals surface area (Å²) in [7, 11) is 3.95. The maximum atomic E-state index is 11.9. The van der Waals surface area contributed by atoms with Crippen molar-refractivity contribution in [1.82, 2.24) is 0 Å². The van der Waals surface area contributed by atoms with Gasteiger partial charge in [-0.2, -0.15) is 0 Å². The van der Waals surface area contributed by atoms with E-state index in [-0.39, 0.29) is 12.1 Å². The van der Waals surface area contributed by atoms with Gasteiger partial charge in [-0.3, -0.25) is 0 Å². The predicted octanol–water partition coefficient (Wildman–Crippen LogP) is 3.49. The van der Waals surface area contributed by atoms with Crippen molar-refractivity contribution in [1.29, 1.82) is 0 Å². The third-order valence-electron chi connectivity index (χ3n) is 2.96. The van der Waals surface area contributed by atoms with E-state index in [1.807, 2.05) is 50.2 Å². The van der Waals surface area contributed by atoms with Crippen LogP contribution in [0.3, 0.4) is 0 Å². The van der Waals surface area contributed by atoms with Gasteiger partial charge in [0.25, 0.3) is 0 Å². The molecule has 0 aliphatic carbocycles. The largest absolute Gasteiger partial charge is 0.459 e. The second kappa shape index (κ2) is 7.04. The van der Waals surface area contributed by atoms with Crippen LogP contribution < -0.4 is 4.90 Å². The van der Waals surface area contributed by atoms with Gasteiger partial charge in [0.15, 0.2) is 0 Å². The van der Waals surface area contributed by atoms with E-state index in [1.54, 1.807) is 0 Å². The molecule has 3 heteroatoms. The molecule has 3 nitrogen and oxygen atoms in total. The van der Waals surface area contributed by atoms with Gasteiger partial charge >= 0.3 is 5.97 Å². The molecule has 0 aliphatic rings. The molecule has 0 N–H and O–H groups in total. The van der Waals surface area contributed by atoms with Crippen molar-refractivity contribution < 1.29 is 9.53 Å². The zero-order valence-corrected chi connectivity index (χ0v) is 11.8. The summed E-state index contributed by atoms with van der Waals surface area (Å²) < 4.78 is 5.47. The number of hydrogen-bond donors (Lipinski definition) is 0. The number of carbonyl (C=O) groups excluding carboxylic acids is 1. The van der Waals surface area contributed by atoms with Gasteiger partial charge in [0.2, 0.25) is 0 Å². The molecular formula is C15H23NO2. The van der Waals surface area contributed by atoms with E-state index in [0.717, 1.165) is 24.9 Å². The predicted molar refractivity (Wildman–Crippen MR) is 75.2 cm³/mol. The first-order valence-corrected chi connectivity index (χ1v) is 6.56. The Morgan fingerprint density at radius 1 is 1.22 bits per heavy atom. The minimum Gasteiger partial charge on any atom is -0.459 e. The molecule has 1 rings (SSSR count). The molecular weight excluding hydrogens is 226 g/mol. The van der Waals surface area contributed by atoms with Gasteiger partial charge in [0, 0.05) is 19.8 Å². The maximum Gasteiger partial charge on any atom is 0.338 e. The lowest BCUT2D eigenvalue weighted by atomic mass is 10.1. The van der Waals surface area contributed by atoms with Crippen LogP contribution in [0.4, 0.5) is 5.69 Å². The van der Waals surface area contributed by atoms with Gasteiger partial charge < -0.3 is 9.64 Å². The van der Waals surface area contributed by atoms with E-state index in [0.29, 0.717) is 5.56 Å². The quantitative estimate of drug-likeness (QED) is 0.723. The molecule has 0 spiro atoms. The zero-order valence-electron chi connectivity index (χ0n) is 11.8. The van der Waals surface area contributed by atoms with Crippen molar-refractivity contribution in [3.8, 4) is 0 Å². The molecule has 1 atom stereocenters. The fourth-order valence-corrected chi connectivity index (χ4v) is 1.78. The lowest BCUT2D eigenvalue weighted by Crippen LogP contribution is -2.17. The first-order chi connectivity index (χ1) is 8.58. The fraction of sp³-hybridized carbons (Fsp3) is 0.533. The summed E-state index contributed by atoms with van der Waals surface area (Å²) in [6, 6.07) is 7.49. The number of esters is 1. The standard InChI is InChI=1S/C15H23NO2/c1-5-7-14(6-2)18-15(17)12-8-10-13(11-9-12)16(3)4/h8-11,14H,5-7H2,1-4H3. The van der Waals surface area contributed by atoms with Crippen LogP contribution in [0.15, 0.2) is 24.3 Å². The van der Waals surface area contributed by atoms with Crippen molar-refractivity contribution >= 4 is 11.7 Å². The summed E-state index contributed by atoms with van der Waals surface area (Å²) in [5, 5.41) is 0. The number of ether oxygens (including phenoxy) is 1. The number of carbonyl (C=O) groups is 1. The number of nitrogens with zero attached hydrogens (tertiary/aromatic N) is 1. The molecule has 0 heterocycles. The van der Waals surface area contributed by atoms with E-state index < -0.39 is 0 Å². The second-order valence-corrected chi connectivity index (χ2v) is 4.67. The molecule has 0 aromatic heterocycles. The molecule has 0 radical (unpaired) electrons. The number of rotatable bonds is 6. The summed E-state index contributed by atoms with van der Waals surface area (Å²) in [4.78, 5) is 13.9. The normalized spacial score (nSPS) is 12.0. The van der Waals surface area contributed by atoms with Crippen molar-refractivity contribution in [3.05, 3.63) is 29.8 Å². The molecule has 1 aromatic rings. The Labute approximate surface area is 110 Å². The van der Waals surface area contributed by atoms with Gasteiger partial charge in [-0.15, -0.1) is 0 Å². The summed E-state index contributed by atoms with van der Waals surface area (Å²) in [6.45, 7) is 4.14. The third-order valence-corrected chi connectivity index (χ3v) is 2.96. The van der Waals surface area contributed by atoms with Crippen molar-refractivity contribution in [2.45, 2.75) is 39.2 Å². The number of benzene rings is 1. The minimum absolute atomic E-state index is 0.0380. The molecule has 0 bridgehead atoms. The first kappa shape index (κ1) is 14.6. The molecule has 1 aromatic carbocycles. The lowest BCUT2D eigenvalue weighted by Gasteiger charge is -2.16. The van der Waals surface area contributed by atoms with Crippen LogP contribution in [-0.2, 0) is 4.74 Å². The Morgan fingerprint density at radius 3 is 2.28 bits per heavy atom. The van der Waals surface area contributed by atoms with E-state index in [1.165, 1.54) is 0 Å². The lowest BCUT2D eigenvalue weighted by molar-refractivity contribution is 0.0271. The Morgan fingerprint density at radius 2 is 1.83 bits per heavy atom. The van der Waals surface area contributed by atoms with Gasteiger partial charge in [0.05, 0.1) is 5.56 Å². The molecule has 18 heavy (non-hydrogen) atoms. The van der Waals surface area contributed by atoms with E-state index in [2.05, 4.69) is 6.92 Å². The van der Waals surface area contributed by atoms with Gasteiger partial charge in [-0.1, -0.05) is 20.3 Å². The molecule has 1 unspecified atom stereocenters. The topological polar surface area (TPSA) is 29.5 Å². The van der Waals surface area contributed by atoms with Gasteiger partial charge in [-0.25, -0.2) is 4.79 Å². The van der Waals surface area contributed by atoms with Crippen molar-refractivity contribution in [2.24, 2.45) is 0 Å². The van der Waals surface area contributed by atoms with Crippen molar-refractivity contribution in [3.63, 3.8) is 0 Å². The van der Waals surface area contributed by atoms with Crippen LogP contribution in [0.1, 0.15) is 43.5 Å². The van der Waals surface area contributed by atoms with Gasteiger partial charge in [0.1, 0.15) is 6.10 Å². The molecule has 0 saturated heterocycles. The van der Waals surface area contributed by atoms with Crippen LogP contribution >= 0.6 is 0 Å². The van der Waals surface area contributed by atoms with Crippen molar-refractivity contribution in [2.75, 3.05) is 19.0 Å². The van der Waals surface area contributed by atoms with Crippen LogP contribution in [0.5, 0.6) is 0 Å². The average Bonchev–Trinajstić information content (AvgIpc) is 2.38. The SMILES string of the molecule is CCCC(CC)OC(=O)c1ccc(N(C)C)cc1. The van der Waals surface area contributed by atoms with Crippen LogP contribution in [0.25, 0.3) is 0 Å². The minimum atomic E-state index is -0.222. The smallest absolute Gasteiger partial charge is 0.338 e. The molecule has 0 fully saturated rings. The third kappa shape index (κ3) is 4.06. The van der Waals surface area contributed by atoms with Crippen LogP contribution in [0, 0.1) is 0 Å². The highest BCUT2D eigenvalue weighted by Crippen LogP contribution is 2.15. The molecule has 100 valence electrons. The summed E-state index contributed by atoms with van der Waals surface area (Å²) in [6.07, 6.45) is 2.87. The Balaban J connectivity index is 2.66. The number of anilines is 1.